The van der Waals surface area contributed by atoms with E-state index < -0.39 is 23.8 Å². The highest BCUT2D eigenvalue weighted by atomic mass is 16.7. The van der Waals surface area contributed by atoms with E-state index in [9.17, 15) is 14.7 Å². The molecular formula is C25H36N2O5. The SMILES string of the molecule is CCOC(C)(OCC)C(c1cccc2ccccc12)C(C=O)N(NCCC(C)C)C(=O)O. The van der Waals surface area contributed by atoms with Gasteiger partial charge in [-0.2, -0.15) is 0 Å². The molecule has 0 fully saturated rings. The van der Waals surface area contributed by atoms with Gasteiger partial charge < -0.3 is 19.4 Å². The number of amides is 1. The molecule has 1 amide bonds. The standard InChI is InChI=1S/C25H36N2O5/c1-6-31-25(5,32-7-2)23(21-14-10-12-19-11-8-9-13-20(19)21)22(17-28)27(24(29)30)26-16-15-18(3)4/h8-14,17-18,22-23,26H,6-7,15-16H2,1-5H3,(H,29,30). The molecule has 176 valence electrons. The zero-order valence-electron chi connectivity index (χ0n) is 19.7. The summed E-state index contributed by atoms with van der Waals surface area (Å²) in [6.07, 6.45) is 0.202. The van der Waals surface area contributed by atoms with E-state index in [-0.39, 0.29) is 0 Å². The van der Waals surface area contributed by atoms with Gasteiger partial charge in [0, 0.05) is 19.8 Å². The summed E-state index contributed by atoms with van der Waals surface area (Å²) >= 11 is 0. The summed E-state index contributed by atoms with van der Waals surface area (Å²) in [5, 5.41) is 12.9. The Hall–Kier alpha value is -2.48. The molecule has 2 aromatic carbocycles. The number of benzene rings is 2. The molecule has 0 spiro atoms. The Morgan fingerprint density at radius 1 is 1.12 bits per heavy atom. The summed E-state index contributed by atoms with van der Waals surface area (Å²) in [4.78, 5) is 24.7. The van der Waals surface area contributed by atoms with Crippen molar-refractivity contribution in [3.63, 3.8) is 0 Å². The molecule has 0 bridgehead atoms. The number of nitrogens with one attached hydrogen (secondary N) is 1. The van der Waals surface area contributed by atoms with Crippen molar-refractivity contribution in [1.82, 2.24) is 10.4 Å². The van der Waals surface area contributed by atoms with E-state index in [1.54, 1.807) is 6.92 Å². The van der Waals surface area contributed by atoms with E-state index in [1.165, 1.54) is 0 Å². The molecule has 0 aromatic heterocycles. The van der Waals surface area contributed by atoms with Crippen LogP contribution in [-0.2, 0) is 14.3 Å². The molecule has 0 saturated carbocycles. The highest BCUT2D eigenvalue weighted by molar-refractivity contribution is 5.87. The van der Waals surface area contributed by atoms with E-state index in [0.29, 0.717) is 32.0 Å². The molecule has 2 rings (SSSR count). The third-order valence-corrected chi connectivity index (χ3v) is 5.57. The first-order valence-electron chi connectivity index (χ1n) is 11.3. The molecule has 2 N–H and O–H groups in total. The van der Waals surface area contributed by atoms with Crippen molar-refractivity contribution < 1.29 is 24.2 Å². The summed E-state index contributed by atoms with van der Waals surface area (Å²) in [5.41, 5.74) is 3.74. The van der Waals surface area contributed by atoms with Gasteiger partial charge in [-0.05, 0) is 49.4 Å². The fourth-order valence-corrected chi connectivity index (χ4v) is 4.16. The van der Waals surface area contributed by atoms with Crippen molar-refractivity contribution in [1.29, 1.82) is 0 Å². The average molecular weight is 445 g/mol. The molecule has 2 atom stereocenters. The van der Waals surface area contributed by atoms with Crippen LogP contribution in [0, 0.1) is 5.92 Å². The van der Waals surface area contributed by atoms with Gasteiger partial charge in [-0.15, -0.1) is 0 Å². The average Bonchev–Trinajstić information content (AvgIpc) is 2.75. The van der Waals surface area contributed by atoms with Gasteiger partial charge in [0.05, 0.1) is 5.92 Å². The quantitative estimate of drug-likeness (QED) is 0.262. The van der Waals surface area contributed by atoms with Gasteiger partial charge in [-0.1, -0.05) is 56.3 Å². The Kier molecular flexibility index (Phi) is 9.62. The molecule has 0 radical (unpaired) electrons. The van der Waals surface area contributed by atoms with Crippen molar-refractivity contribution in [2.45, 2.75) is 58.8 Å². The monoisotopic (exact) mass is 444 g/mol. The van der Waals surface area contributed by atoms with Gasteiger partial charge in [-0.3, -0.25) is 0 Å². The molecule has 2 unspecified atom stereocenters. The van der Waals surface area contributed by atoms with E-state index in [4.69, 9.17) is 9.47 Å². The minimum Gasteiger partial charge on any atom is -0.464 e. The topological polar surface area (TPSA) is 88.1 Å². The Morgan fingerprint density at radius 2 is 1.75 bits per heavy atom. The van der Waals surface area contributed by atoms with Crippen LogP contribution in [0.3, 0.4) is 0 Å². The molecule has 0 aliphatic carbocycles. The number of carbonyl (C=O) groups is 2. The lowest BCUT2D eigenvalue weighted by Crippen LogP contribution is -2.57. The van der Waals surface area contributed by atoms with E-state index in [0.717, 1.165) is 27.8 Å². The van der Waals surface area contributed by atoms with Crippen LogP contribution in [-0.4, -0.2) is 54.1 Å². The number of hydrogen-bond acceptors (Lipinski definition) is 5. The fourth-order valence-electron chi connectivity index (χ4n) is 4.16. The molecule has 7 nitrogen and oxygen atoms in total. The molecule has 0 aliphatic heterocycles. The lowest BCUT2D eigenvalue weighted by molar-refractivity contribution is -0.241. The Bertz CT molecular complexity index is 874. The van der Waals surface area contributed by atoms with E-state index >= 15 is 0 Å². The highest BCUT2D eigenvalue weighted by Gasteiger charge is 2.46. The highest BCUT2D eigenvalue weighted by Crippen LogP contribution is 2.40. The van der Waals surface area contributed by atoms with Crippen molar-refractivity contribution in [3.05, 3.63) is 48.0 Å². The van der Waals surface area contributed by atoms with Gasteiger partial charge >= 0.3 is 6.09 Å². The lowest BCUT2D eigenvalue weighted by atomic mass is 9.82. The Morgan fingerprint density at radius 3 is 2.31 bits per heavy atom. The first kappa shape index (κ1) is 25.8. The zero-order chi connectivity index (χ0) is 23.7. The number of hydrazine groups is 1. The van der Waals surface area contributed by atoms with Gasteiger partial charge in [0.25, 0.3) is 0 Å². The van der Waals surface area contributed by atoms with E-state index in [2.05, 4.69) is 19.3 Å². The number of ether oxygens (including phenoxy) is 2. The summed E-state index contributed by atoms with van der Waals surface area (Å²) in [6.45, 7) is 10.7. The van der Waals surface area contributed by atoms with Crippen LogP contribution in [0.4, 0.5) is 4.79 Å². The second kappa shape index (κ2) is 11.9. The van der Waals surface area contributed by atoms with Crippen LogP contribution >= 0.6 is 0 Å². The molecule has 0 heterocycles. The molecule has 2 aromatic rings. The summed E-state index contributed by atoms with van der Waals surface area (Å²) in [7, 11) is 0. The number of hydrogen-bond donors (Lipinski definition) is 2. The van der Waals surface area contributed by atoms with Crippen molar-refractivity contribution in [2.24, 2.45) is 5.92 Å². The second-order valence-electron chi connectivity index (χ2n) is 8.30. The minimum absolute atomic E-state index is 0.344. The Balaban J connectivity index is 2.66. The number of fused-ring (bicyclic) bond motifs is 1. The second-order valence-corrected chi connectivity index (χ2v) is 8.30. The first-order chi connectivity index (χ1) is 15.3. The fraction of sp³-hybridized carbons (Fsp3) is 0.520. The number of carbonyl (C=O) groups excluding carboxylic acids is 1. The van der Waals surface area contributed by atoms with Gasteiger partial charge in [-0.25, -0.2) is 15.2 Å². The number of carboxylic acid groups (broad SMARTS) is 1. The van der Waals surface area contributed by atoms with Crippen molar-refractivity contribution >= 4 is 23.2 Å². The molecular weight excluding hydrogens is 408 g/mol. The van der Waals surface area contributed by atoms with Crippen LogP contribution < -0.4 is 5.43 Å². The number of rotatable bonds is 13. The third kappa shape index (κ3) is 6.06. The lowest BCUT2D eigenvalue weighted by Gasteiger charge is -2.43. The molecule has 0 aliphatic rings. The van der Waals surface area contributed by atoms with Crippen LogP contribution in [0.15, 0.2) is 42.5 Å². The van der Waals surface area contributed by atoms with Gasteiger partial charge in [0.1, 0.15) is 12.3 Å². The maximum Gasteiger partial charge on any atom is 0.422 e. The number of aldehydes is 1. The van der Waals surface area contributed by atoms with Crippen molar-refractivity contribution in [2.75, 3.05) is 19.8 Å². The first-order valence-corrected chi connectivity index (χ1v) is 11.3. The summed E-state index contributed by atoms with van der Waals surface area (Å²) in [6, 6.07) is 12.5. The van der Waals surface area contributed by atoms with Crippen LogP contribution in [0.5, 0.6) is 0 Å². The normalized spacial score (nSPS) is 13.8. The van der Waals surface area contributed by atoms with Gasteiger partial charge in [0.15, 0.2) is 5.79 Å². The number of nitrogens with zero attached hydrogens (tertiary/aromatic N) is 1. The minimum atomic E-state index is -1.23. The zero-order valence-corrected chi connectivity index (χ0v) is 19.7. The van der Waals surface area contributed by atoms with Gasteiger partial charge in [0.2, 0.25) is 0 Å². The predicted molar refractivity (Wildman–Crippen MR) is 126 cm³/mol. The van der Waals surface area contributed by atoms with Crippen LogP contribution in [0.1, 0.15) is 52.5 Å². The third-order valence-electron chi connectivity index (χ3n) is 5.57. The predicted octanol–water partition coefficient (Wildman–Crippen LogP) is 4.81. The van der Waals surface area contributed by atoms with Crippen molar-refractivity contribution in [3.8, 4) is 0 Å². The Labute approximate surface area is 190 Å². The maximum absolute atomic E-state index is 12.5. The smallest absolute Gasteiger partial charge is 0.422 e. The molecule has 7 heteroatoms. The molecule has 0 saturated heterocycles. The molecule has 32 heavy (non-hydrogen) atoms. The summed E-state index contributed by atoms with van der Waals surface area (Å²) < 4.78 is 12.1. The van der Waals surface area contributed by atoms with Crippen LogP contribution in [0.2, 0.25) is 0 Å². The van der Waals surface area contributed by atoms with Crippen LogP contribution in [0.25, 0.3) is 10.8 Å². The van der Waals surface area contributed by atoms with E-state index in [1.807, 2.05) is 56.3 Å². The summed E-state index contributed by atoms with van der Waals surface area (Å²) in [5.74, 6) is -1.56. The largest absolute Gasteiger partial charge is 0.464 e. The maximum atomic E-state index is 12.5.